The number of amides is 1. The monoisotopic (exact) mass is 433 g/mol. The predicted molar refractivity (Wildman–Crippen MR) is 115 cm³/mol. The molecule has 1 heterocycles. The summed E-state index contributed by atoms with van der Waals surface area (Å²) in [5.74, 6) is 0.579. The molecular weight excluding hydrogens is 406 g/mol. The van der Waals surface area contributed by atoms with E-state index in [1.54, 1.807) is 18.2 Å². The average Bonchev–Trinajstić information content (AvgIpc) is 2.72. The van der Waals surface area contributed by atoms with Crippen molar-refractivity contribution in [2.75, 3.05) is 39.2 Å². The van der Waals surface area contributed by atoms with Gasteiger partial charge in [0.15, 0.2) is 0 Å². The molecule has 0 bridgehead atoms. The Balaban J connectivity index is 1.71. The summed E-state index contributed by atoms with van der Waals surface area (Å²) in [6.07, 6.45) is 0.654. The SMILES string of the molecule is COc1ccc(OC)c(NC(=O)CN2CCCN(Cc3ccccc3C)S2(=O)=O)c1. The van der Waals surface area contributed by atoms with Crippen molar-refractivity contribution in [3.05, 3.63) is 53.6 Å². The van der Waals surface area contributed by atoms with E-state index < -0.39 is 16.1 Å². The van der Waals surface area contributed by atoms with Crippen LogP contribution < -0.4 is 14.8 Å². The van der Waals surface area contributed by atoms with Gasteiger partial charge in [-0.25, -0.2) is 0 Å². The summed E-state index contributed by atoms with van der Waals surface area (Å²) in [5, 5.41) is 2.73. The second-order valence-corrected chi connectivity index (χ2v) is 9.00. The highest BCUT2D eigenvalue weighted by Crippen LogP contribution is 2.29. The molecule has 0 atom stereocenters. The number of methoxy groups -OCH3 is 2. The van der Waals surface area contributed by atoms with E-state index in [-0.39, 0.29) is 13.1 Å². The number of rotatable bonds is 7. The zero-order valence-corrected chi connectivity index (χ0v) is 18.2. The number of aryl methyl sites for hydroxylation is 1. The molecule has 0 aromatic heterocycles. The Kier molecular flexibility index (Phi) is 6.96. The van der Waals surface area contributed by atoms with Gasteiger partial charge >= 0.3 is 0 Å². The van der Waals surface area contributed by atoms with Crippen molar-refractivity contribution in [2.45, 2.75) is 19.9 Å². The maximum absolute atomic E-state index is 13.1. The van der Waals surface area contributed by atoms with Crippen LogP contribution in [0.4, 0.5) is 5.69 Å². The average molecular weight is 434 g/mol. The highest BCUT2D eigenvalue weighted by atomic mass is 32.2. The lowest BCUT2D eigenvalue weighted by molar-refractivity contribution is -0.116. The lowest BCUT2D eigenvalue weighted by Gasteiger charge is -2.34. The third-order valence-electron chi connectivity index (χ3n) is 5.08. The molecule has 0 spiro atoms. The van der Waals surface area contributed by atoms with Crippen LogP contribution in [0, 0.1) is 6.92 Å². The third-order valence-corrected chi connectivity index (χ3v) is 7.00. The van der Waals surface area contributed by atoms with Crippen molar-refractivity contribution >= 4 is 21.8 Å². The maximum Gasteiger partial charge on any atom is 0.282 e. The first-order valence-electron chi connectivity index (χ1n) is 9.66. The van der Waals surface area contributed by atoms with Crippen molar-refractivity contribution in [1.29, 1.82) is 0 Å². The molecule has 1 aliphatic heterocycles. The minimum absolute atomic E-state index is 0.271. The van der Waals surface area contributed by atoms with E-state index in [1.165, 1.54) is 22.8 Å². The molecular formula is C21H27N3O5S. The molecule has 0 aliphatic carbocycles. The van der Waals surface area contributed by atoms with E-state index in [0.29, 0.717) is 36.7 Å². The van der Waals surface area contributed by atoms with Crippen LogP contribution in [0.5, 0.6) is 11.5 Å². The van der Waals surface area contributed by atoms with Crippen LogP contribution in [-0.4, -0.2) is 56.8 Å². The second kappa shape index (κ2) is 9.46. The van der Waals surface area contributed by atoms with Crippen LogP contribution in [0.1, 0.15) is 17.5 Å². The Bertz CT molecular complexity index is 1010. The fourth-order valence-corrected chi connectivity index (χ4v) is 5.01. The summed E-state index contributed by atoms with van der Waals surface area (Å²) in [6, 6.07) is 12.7. The minimum Gasteiger partial charge on any atom is -0.497 e. The number of nitrogens with zero attached hydrogens (tertiary/aromatic N) is 2. The van der Waals surface area contributed by atoms with Crippen molar-refractivity contribution in [2.24, 2.45) is 0 Å². The fourth-order valence-electron chi connectivity index (χ4n) is 3.38. The molecule has 1 N–H and O–H groups in total. The number of nitrogens with one attached hydrogen (secondary N) is 1. The van der Waals surface area contributed by atoms with Gasteiger partial charge in [0.1, 0.15) is 11.5 Å². The summed E-state index contributed by atoms with van der Waals surface area (Å²) >= 11 is 0. The first kappa shape index (κ1) is 22.1. The van der Waals surface area contributed by atoms with Crippen molar-refractivity contribution in [3.8, 4) is 11.5 Å². The normalized spacial score (nSPS) is 16.8. The Morgan fingerprint density at radius 3 is 2.50 bits per heavy atom. The predicted octanol–water partition coefficient (Wildman–Crippen LogP) is 2.40. The van der Waals surface area contributed by atoms with E-state index in [2.05, 4.69) is 5.32 Å². The Morgan fingerprint density at radius 1 is 1.07 bits per heavy atom. The molecule has 8 nitrogen and oxygen atoms in total. The summed E-state index contributed by atoms with van der Waals surface area (Å²) in [4.78, 5) is 12.6. The number of carbonyl (C=O) groups excluding carboxylic acids is 1. The molecule has 0 unspecified atom stereocenters. The number of hydrogen-bond acceptors (Lipinski definition) is 5. The summed E-state index contributed by atoms with van der Waals surface area (Å²) < 4.78 is 39.2. The highest BCUT2D eigenvalue weighted by molar-refractivity contribution is 7.86. The lowest BCUT2D eigenvalue weighted by atomic mass is 10.1. The van der Waals surface area contributed by atoms with Gasteiger partial charge in [0.05, 0.1) is 26.5 Å². The van der Waals surface area contributed by atoms with Gasteiger partial charge in [0.25, 0.3) is 10.2 Å². The molecule has 3 rings (SSSR count). The van der Waals surface area contributed by atoms with Crippen molar-refractivity contribution < 1.29 is 22.7 Å². The van der Waals surface area contributed by atoms with Crippen molar-refractivity contribution in [1.82, 2.24) is 8.61 Å². The molecule has 30 heavy (non-hydrogen) atoms. The largest absolute Gasteiger partial charge is 0.497 e. The van der Waals surface area contributed by atoms with Crippen LogP contribution in [0.2, 0.25) is 0 Å². The second-order valence-electron chi connectivity index (χ2n) is 7.07. The van der Waals surface area contributed by atoms with E-state index in [1.807, 2.05) is 31.2 Å². The molecule has 2 aromatic rings. The third kappa shape index (κ3) is 4.92. The van der Waals surface area contributed by atoms with Gasteiger partial charge in [0.2, 0.25) is 5.91 Å². The Hall–Kier alpha value is -2.62. The fraction of sp³-hybridized carbons (Fsp3) is 0.381. The van der Waals surface area contributed by atoms with E-state index in [4.69, 9.17) is 9.47 Å². The van der Waals surface area contributed by atoms with Crippen LogP contribution in [0.15, 0.2) is 42.5 Å². The maximum atomic E-state index is 13.1. The summed E-state index contributed by atoms with van der Waals surface area (Å²) in [5.41, 5.74) is 2.41. The van der Waals surface area contributed by atoms with Crippen LogP contribution in [0.3, 0.4) is 0 Å². The zero-order valence-electron chi connectivity index (χ0n) is 17.4. The number of ether oxygens (including phenoxy) is 2. The molecule has 162 valence electrons. The molecule has 0 saturated carbocycles. The highest BCUT2D eigenvalue weighted by Gasteiger charge is 2.35. The molecule has 1 amide bonds. The molecule has 9 heteroatoms. The number of hydrogen-bond donors (Lipinski definition) is 1. The van der Waals surface area contributed by atoms with Gasteiger partial charge in [-0.1, -0.05) is 24.3 Å². The Morgan fingerprint density at radius 2 is 1.80 bits per heavy atom. The number of benzene rings is 2. The van der Waals surface area contributed by atoms with Gasteiger partial charge in [-0.2, -0.15) is 17.0 Å². The van der Waals surface area contributed by atoms with Gasteiger partial charge < -0.3 is 14.8 Å². The molecule has 0 radical (unpaired) electrons. The minimum atomic E-state index is -3.75. The Labute approximate surface area is 177 Å². The molecule has 1 aliphatic rings. The molecule has 2 aromatic carbocycles. The lowest BCUT2D eigenvalue weighted by Crippen LogP contribution is -2.51. The van der Waals surface area contributed by atoms with E-state index in [9.17, 15) is 13.2 Å². The quantitative estimate of drug-likeness (QED) is 0.724. The molecule has 1 saturated heterocycles. The summed E-state index contributed by atoms with van der Waals surface area (Å²) in [6.45, 7) is 2.70. The van der Waals surface area contributed by atoms with Gasteiger partial charge in [0, 0.05) is 25.7 Å². The number of carbonyl (C=O) groups is 1. The van der Waals surface area contributed by atoms with Crippen LogP contribution >= 0.6 is 0 Å². The zero-order chi connectivity index (χ0) is 21.7. The standard InChI is InChI=1S/C21H27N3O5S/c1-16-7-4-5-8-17(16)14-23-11-6-12-24(30(23,26)27)15-21(25)22-19-13-18(28-2)9-10-20(19)29-3/h4-5,7-10,13H,6,11-12,14-15H2,1-3H3,(H,22,25). The van der Waals surface area contributed by atoms with Gasteiger partial charge in [-0.05, 0) is 36.6 Å². The topological polar surface area (TPSA) is 88.2 Å². The number of anilines is 1. The van der Waals surface area contributed by atoms with Gasteiger partial charge in [-0.3, -0.25) is 4.79 Å². The van der Waals surface area contributed by atoms with Gasteiger partial charge in [-0.15, -0.1) is 0 Å². The smallest absolute Gasteiger partial charge is 0.282 e. The first-order chi connectivity index (χ1) is 14.3. The van der Waals surface area contributed by atoms with E-state index in [0.717, 1.165) is 11.1 Å². The van der Waals surface area contributed by atoms with E-state index >= 15 is 0 Å². The first-order valence-corrected chi connectivity index (χ1v) is 11.1. The van der Waals surface area contributed by atoms with Crippen molar-refractivity contribution in [3.63, 3.8) is 0 Å². The molecule has 1 fully saturated rings. The summed E-state index contributed by atoms with van der Waals surface area (Å²) in [7, 11) is -0.725. The van der Waals surface area contributed by atoms with Crippen LogP contribution in [-0.2, 0) is 21.5 Å². The van der Waals surface area contributed by atoms with Crippen LogP contribution in [0.25, 0.3) is 0 Å².